The number of hydrogen-bond donors (Lipinski definition) is 1. The summed E-state index contributed by atoms with van der Waals surface area (Å²) in [5.74, 6) is 0.973. The van der Waals surface area contributed by atoms with E-state index in [4.69, 9.17) is 0 Å². The Kier molecular flexibility index (Phi) is 0.913. The second kappa shape index (κ2) is 1.72. The molecule has 0 saturated carbocycles. The van der Waals surface area contributed by atoms with Crippen LogP contribution in [0.25, 0.3) is 0 Å². The van der Waals surface area contributed by atoms with Crippen LogP contribution in [0.15, 0.2) is 22.2 Å². The number of rotatable bonds is 0. The summed E-state index contributed by atoms with van der Waals surface area (Å²) in [6.45, 7) is 1.03. The van der Waals surface area contributed by atoms with Crippen molar-refractivity contribution in [2.45, 2.75) is 12.8 Å². The van der Waals surface area contributed by atoms with Crippen molar-refractivity contribution in [2.24, 2.45) is 10.3 Å². The first-order valence-corrected chi connectivity index (χ1v) is 3.11. The summed E-state index contributed by atoms with van der Waals surface area (Å²) >= 11 is 0. The largest absolute Gasteiger partial charge is 0.252 e. The van der Waals surface area contributed by atoms with Crippen LogP contribution >= 0.6 is 0 Å². The van der Waals surface area contributed by atoms with Crippen LogP contribution in [0, 0.1) is 0 Å². The zero-order valence-electron chi connectivity index (χ0n) is 5.04. The van der Waals surface area contributed by atoms with E-state index in [2.05, 4.69) is 21.9 Å². The SMILES string of the molecule is C1=C2N=NNN2CCC1. The van der Waals surface area contributed by atoms with Crippen LogP contribution in [0.2, 0.25) is 0 Å². The fraction of sp³-hybridized carbons (Fsp3) is 0.600. The Morgan fingerprint density at radius 1 is 1.67 bits per heavy atom. The van der Waals surface area contributed by atoms with Crippen molar-refractivity contribution in [1.82, 2.24) is 10.5 Å². The lowest BCUT2D eigenvalue weighted by Gasteiger charge is -2.19. The van der Waals surface area contributed by atoms with Gasteiger partial charge in [0.1, 0.15) is 0 Å². The Hall–Kier alpha value is -1.06. The summed E-state index contributed by atoms with van der Waals surface area (Å²) in [7, 11) is 0. The highest BCUT2D eigenvalue weighted by Gasteiger charge is 2.15. The van der Waals surface area contributed by atoms with Gasteiger partial charge in [0.05, 0.1) is 0 Å². The molecule has 2 heterocycles. The molecule has 0 aromatic rings. The molecule has 48 valence electrons. The van der Waals surface area contributed by atoms with Crippen molar-refractivity contribution in [3.8, 4) is 0 Å². The van der Waals surface area contributed by atoms with Gasteiger partial charge >= 0.3 is 0 Å². The van der Waals surface area contributed by atoms with Crippen LogP contribution in [0.4, 0.5) is 0 Å². The Morgan fingerprint density at radius 3 is 3.56 bits per heavy atom. The van der Waals surface area contributed by atoms with Crippen LogP contribution in [0.1, 0.15) is 12.8 Å². The average molecular weight is 124 g/mol. The van der Waals surface area contributed by atoms with Crippen LogP contribution in [0.5, 0.6) is 0 Å². The topological polar surface area (TPSA) is 40.0 Å². The van der Waals surface area contributed by atoms with Crippen molar-refractivity contribution in [2.75, 3.05) is 6.54 Å². The Labute approximate surface area is 53.2 Å². The fourth-order valence-corrected chi connectivity index (χ4v) is 1.03. The molecule has 0 aliphatic carbocycles. The van der Waals surface area contributed by atoms with Crippen molar-refractivity contribution in [1.29, 1.82) is 0 Å². The zero-order valence-corrected chi connectivity index (χ0v) is 5.04. The molecule has 0 amide bonds. The van der Waals surface area contributed by atoms with Gasteiger partial charge in [-0.1, -0.05) is 5.22 Å². The van der Waals surface area contributed by atoms with Gasteiger partial charge in [0.15, 0.2) is 5.82 Å². The minimum Gasteiger partial charge on any atom is -0.252 e. The smallest absolute Gasteiger partial charge is 0.168 e. The molecule has 0 radical (unpaired) electrons. The van der Waals surface area contributed by atoms with E-state index in [1.807, 2.05) is 5.01 Å². The maximum absolute atomic E-state index is 3.86. The summed E-state index contributed by atoms with van der Waals surface area (Å²) in [5.41, 5.74) is 2.78. The number of allylic oxidation sites excluding steroid dienone is 1. The van der Waals surface area contributed by atoms with E-state index in [1.165, 1.54) is 6.42 Å². The molecule has 0 bridgehead atoms. The van der Waals surface area contributed by atoms with E-state index in [-0.39, 0.29) is 0 Å². The summed E-state index contributed by atoms with van der Waals surface area (Å²) in [6.07, 6.45) is 4.42. The molecule has 0 aromatic heterocycles. The van der Waals surface area contributed by atoms with Gasteiger partial charge in [0.25, 0.3) is 0 Å². The van der Waals surface area contributed by atoms with Gasteiger partial charge < -0.3 is 0 Å². The van der Waals surface area contributed by atoms with Crippen molar-refractivity contribution in [3.63, 3.8) is 0 Å². The molecule has 9 heavy (non-hydrogen) atoms. The molecule has 0 fully saturated rings. The molecule has 1 N–H and O–H groups in total. The van der Waals surface area contributed by atoms with E-state index < -0.39 is 0 Å². The van der Waals surface area contributed by atoms with Gasteiger partial charge in [0, 0.05) is 6.54 Å². The van der Waals surface area contributed by atoms with Crippen LogP contribution in [-0.2, 0) is 0 Å². The molecule has 4 nitrogen and oxygen atoms in total. The van der Waals surface area contributed by atoms with E-state index in [9.17, 15) is 0 Å². The second-order valence-electron chi connectivity index (χ2n) is 2.16. The first-order chi connectivity index (χ1) is 4.47. The lowest BCUT2D eigenvalue weighted by molar-refractivity contribution is 0.266. The third-order valence-electron chi connectivity index (χ3n) is 1.51. The minimum absolute atomic E-state index is 0.973. The standard InChI is InChI=1S/C5H8N4/c1-2-4-9-5(3-1)6-7-8-9/h3H,1-2,4H2,(H,6,8). The van der Waals surface area contributed by atoms with E-state index in [1.54, 1.807) is 0 Å². The molecule has 2 aliphatic rings. The first kappa shape index (κ1) is 4.78. The number of fused-ring (bicyclic) bond motifs is 1. The van der Waals surface area contributed by atoms with Crippen LogP contribution in [0.3, 0.4) is 0 Å². The number of hydrazine groups is 1. The maximum atomic E-state index is 3.86. The van der Waals surface area contributed by atoms with Crippen LogP contribution < -0.4 is 5.53 Å². The highest BCUT2D eigenvalue weighted by Crippen LogP contribution is 2.16. The highest BCUT2D eigenvalue weighted by atomic mass is 15.8. The maximum Gasteiger partial charge on any atom is 0.168 e. The molecule has 0 aromatic carbocycles. The lowest BCUT2D eigenvalue weighted by Crippen LogP contribution is -2.31. The zero-order chi connectivity index (χ0) is 6.10. The number of nitrogens with one attached hydrogen (secondary N) is 1. The Bertz CT molecular complexity index is 172. The van der Waals surface area contributed by atoms with Gasteiger partial charge in [-0.05, 0) is 18.9 Å². The van der Waals surface area contributed by atoms with E-state index >= 15 is 0 Å². The summed E-state index contributed by atoms with van der Waals surface area (Å²) in [6, 6.07) is 0. The van der Waals surface area contributed by atoms with Gasteiger partial charge in [0.2, 0.25) is 0 Å². The Balaban J connectivity index is 2.23. The monoisotopic (exact) mass is 124 g/mol. The van der Waals surface area contributed by atoms with Crippen molar-refractivity contribution in [3.05, 3.63) is 11.9 Å². The second-order valence-corrected chi connectivity index (χ2v) is 2.16. The normalized spacial score (nSPS) is 23.1. The minimum atomic E-state index is 0.973. The molecular weight excluding hydrogens is 116 g/mol. The molecule has 0 unspecified atom stereocenters. The predicted molar refractivity (Wildman–Crippen MR) is 32.0 cm³/mol. The fourth-order valence-electron chi connectivity index (χ4n) is 1.03. The predicted octanol–water partition coefficient (Wildman–Crippen LogP) is 0.809. The summed E-state index contributed by atoms with van der Waals surface area (Å²) in [5, 5.41) is 9.47. The molecule has 2 rings (SSSR count). The molecule has 0 spiro atoms. The first-order valence-electron chi connectivity index (χ1n) is 3.11. The summed E-state index contributed by atoms with van der Waals surface area (Å²) in [4.78, 5) is 0. The third kappa shape index (κ3) is 0.667. The molecular formula is C5H8N4. The molecule has 0 atom stereocenters. The highest BCUT2D eigenvalue weighted by molar-refractivity contribution is 5.01. The van der Waals surface area contributed by atoms with Gasteiger partial charge in [-0.3, -0.25) is 5.01 Å². The number of hydrogen-bond acceptors (Lipinski definition) is 4. The van der Waals surface area contributed by atoms with Crippen molar-refractivity contribution < 1.29 is 0 Å². The quantitative estimate of drug-likeness (QED) is 0.519. The van der Waals surface area contributed by atoms with E-state index in [0.29, 0.717) is 0 Å². The average Bonchev–Trinajstić information content (AvgIpc) is 2.33. The number of nitrogens with zero attached hydrogens (tertiary/aromatic N) is 3. The van der Waals surface area contributed by atoms with Gasteiger partial charge in [-0.25, -0.2) is 0 Å². The lowest BCUT2D eigenvalue weighted by atomic mass is 10.2. The molecule has 4 heteroatoms. The molecule has 2 aliphatic heterocycles. The summed E-state index contributed by atoms with van der Waals surface area (Å²) < 4.78 is 0. The van der Waals surface area contributed by atoms with Crippen molar-refractivity contribution >= 4 is 0 Å². The molecule has 0 saturated heterocycles. The third-order valence-corrected chi connectivity index (χ3v) is 1.51. The van der Waals surface area contributed by atoms with E-state index in [0.717, 1.165) is 18.8 Å². The van der Waals surface area contributed by atoms with Gasteiger partial charge in [-0.2, -0.15) is 5.53 Å². The Morgan fingerprint density at radius 2 is 2.67 bits per heavy atom. The van der Waals surface area contributed by atoms with Gasteiger partial charge in [-0.15, -0.1) is 5.11 Å². The van der Waals surface area contributed by atoms with Crippen LogP contribution in [-0.4, -0.2) is 11.6 Å².